The molecular weight excluding hydrogens is 293 g/mol. The van der Waals surface area contributed by atoms with Crippen molar-refractivity contribution in [2.45, 2.75) is 19.8 Å². The minimum atomic E-state index is -0.427. The molecule has 0 atom stereocenters. The topological polar surface area (TPSA) is 58.4 Å². The first kappa shape index (κ1) is 15.3. The lowest BCUT2D eigenvalue weighted by Crippen LogP contribution is -2.22. The van der Waals surface area contributed by atoms with Crippen molar-refractivity contribution in [3.63, 3.8) is 0 Å². The molecule has 1 aliphatic heterocycles. The first-order chi connectivity index (χ1) is 11.1. The number of hydrogen-bond donors (Lipinski definition) is 2. The van der Waals surface area contributed by atoms with E-state index in [2.05, 4.69) is 10.2 Å². The molecule has 23 heavy (non-hydrogen) atoms. The van der Waals surface area contributed by atoms with Gasteiger partial charge < -0.3 is 16.0 Å². The van der Waals surface area contributed by atoms with E-state index in [1.807, 2.05) is 13.0 Å². The van der Waals surface area contributed by atoms with E-state index in [0.717, 1.165) is 37.2 Å². The fourth-order valence-electron chi connectivity index (χ4n) is 2.92. The van der Waals surface area contributed by atoms with Gasteiger partial charge >= 0.3 is 0 Å². The second-order valence-electron chi connectivity index (χ2n) is 5.86. The molecule has 120 valence electrons. The molecule has 1 aliphatic rings. The average molecular weight is 313 g/mol. The summed E-state index contributed by atoms with van der Waals surface area (Å²) in [4.78, 5) is 14.7. The number of carbonyl (C=O) groups excluding carboxylic acids is 1. The molecule has 4 nitrogen and oxygen atoms in total. The average Bonchev–Trinajstić information content (AvgIpc) is 3.05. The third-order valence-electron chi connectivity index (χ3n) is 4.18. The number of rotatable bonds is 3. The summed E-state index contributed by atoms with van der Waals surface area (Å²) in [5.74, 6) is -0.773. The van der Waals surface area contributed by atoms with Crippen LogP contribution in [0.15, 0.2) is 36.4 Å². The Morgan fingerprint density at radius 1 is 1.22 bits per heavy atom. The molecule has 1 amide bonds. The minimum absolute atomic E-state index is 0.237. The highest BCUT2D eigenvalue weighted by Gasteiger charge is 2.20. The molecule has 0 radical (unpaired) electrons. The first-order valence-electron chi connectivity index (χ1n) is 7.77. The second-order valence-corrected chi connectivity index (χ2v) is 5.86. The Bertz CT molecular complexity index is 739. The van der Waals surface area contributed by atoms with Crippen molar-refractivity contribution >= 4 is 23.0 Å². The summed E-state index contributed by atoms with van der Waals surface area (Å²) in [7, 11) is 0. The highest BCUT2D eigenvalue weighted by atomic mass is 19.1. The molecule has 0 unspecified atom stereocenters. The van der Waals surface area contributed by atoms with Crippen LogP contribution >= 0.6 is 0 Å². The largest absolute Gasteiger partial charge is 0.399 e. The lowest BCUT2D eigenvalue weighted by Gasteiger charge is -2.22. The molecule has 0 aromatic heterocycles. The minimum Gasteiger partial charge on any atom is -0.399 e. The van der Waals surface area contributed by atoms with Crippen molar-refractivity contribution in [1.82, 2.24) is 0 Å². The van der Waals surface area contributed by atoms with Gasteiger partial charge in [0.1, 0.15) is 11.5 Å². The van der Waals surface area contributed by atoms with Crippen molar-refractivity contribution in [3.8, 4) is 0 Å². The van der Waals surface area contributed by atoms with Gasteiger partial charge in [0.2, 0.25) is 0 Å². The Morgan fingerprint density at radius 2 is 1.96 bits per heavy atom. The van der Waals surface area contributed by atoms with Crippen molar-refractivity contribution in [1.29, 1.82) is 0 Å². The van der Waals surface area contributed by atoms with E-state index in [9.17, 15) is 9.18 Å². The number of benzene rings is 2. The second kappa shape index (κ2) is 6.28. The number of halogens is 1. The Hall–Kier alpha value is -2.56. The number of amides is 1. The molecule has 1 fully saturated rings. The van der Waals surface area contributed by atoms with Crippen LogP contribution in [0.3, 0.4) is 0 Å². The molecule has 1 saturated heterocycles. The first-order valence-corrected chi connectivity index (χ1v) is 7.77. The van der Waals surface area contributed by atoms with Gasteiger partial charge in [0.15, 0.2) is 0 Å². The zero-order chi connectivity index (χ0) is 16.4. The lowest BCUT2D eigenvalue weighted by molar-refractivity contribution is 0.102. The smallest absolute Gasteiger partial charge is 0.256 e. The van der Waals surface area contributed by atoms with Crippen LogP contribution in [0, 0.1) is 12.7 Å². The van der Waals surface area contributed by atoms with Gasteiger partial charge in [-0.25, -0.2) is 4.39 Å². The number of nitrogen functional groups attached to an aromatic ring is 1. The lowest BCUT2D eigenvalue weighted by atomic mass is 10.1. The number of anilines is 3. The maximum Gasteiger partial charge on any atom is 0.256 e. The van der Waals surface area contributed by atoms with Crippen LogP contribution in [-0.4, -0.2) is 19.0 Å². The molecule has 2 aromatic carbocycles. The van der Waals surface area contributed by atoms with Crippen molar-refractivity contribution in [3.05, 3.63) is 53.3 Å². The maximum absolute atomic E-state index is 14.3. The number of carbonyl (C=O) groups is 1. The van der Waals surface area contributed by atoms with Crippen molar-refractivity contribution in [2.24, 2.45) is 0 Å². The highest BCUT2D eigenvalue weighted by molar-refractivity contribution is 6.07. The number of para-hydroxylation sites is 1. The van der Waals surface area contributed by atoms with Gasteiger partial charge in [-0.1, -0.05) is 12.1 Å². The monoisotopic (exact) mass is 313 g/mol. The third-order valence-corrected chi connectivity index (χ3v) is 4.18. The van der Waals surface area contributed by atoms with Crippen LogP contribution in [-0.2, 0) is 0 Å². The summed E-state index contributed by atoms with van der Waals surface area (Å²) >= 11 is 0. The summed E-state index contributed by atoms with van der Waals surface area (Å²) in [6, 6.07) is 10.0. The SMILES string of the molecule is Cc1ccc(N)cc1C(=O)Nc1c(F)cccc1N1CCCC1. The van der Waals surface area contributed by atoms with Gasteiger partial charge in [0.05, 0.1) is 5.69 Å². The Morgan fingerprint density at radius 3 is 2.70 bits per heavy atom. The van der Waals surface area contributed by atoms with Crippen molar-refractivity contribution in [2.75, 3.05) is 29.0 Å². The molecule has 5 heteroatoms. The van der Waals surface area contributed by atoms with Gasteiger partial charge in [0.25, 0.3) is 5.91 Å². The highest BCUT2D eigenvalue weighted by Crippen LogP contribution is 2.31. The predicted octanol–water partition coefficient (Wildman–Crippen LogP) is 3.57. The molecule has 3 rings (SSSR count). The van der Waals surface area contributed by atoms with E-state index in [1.165, 1.54) is 6.07 Å². The third kappa shape index (κ3) is 3.13. The van der Waals surface area contributed by atoms with Gasteiger partial charge in [-0.05, 0) is 49.6 Å². The molecular formula is C18H20FN3O. The normalized spacial score (nSPS) is 14.1. The summed E-state index contributed by atoms with van der Waals surface area (Å²) in [5, 5.41) is 2.73. The van der Waals surface area contributed by atoms with Gasteiger partial charge in [-0.2, -0.15) is 0 Å². The predicted molar refractivity (Wildman–Crippen MR) is 91.4 cm³/mol. The number of nitrogens with two attached hydrogens (primary N) is 1. The van der Waals surface area contributed by atoms with E-state index in [-0.39, 0.29) is 11.6 Å². The Kier molecular flexibility index (Phi) is 4.19. The van der Waals surface area contributed by atoms with E-state index in [4.69, 9.17) is 5.73 Å². The zero-order valence-corrected chi connectivity index (χ0v) is 13.1. The fourth-order valence-corrected chi connectivity index (χ4v) is 2.92. The molecule has 1 heterocycles. The summed E-state index contributed by atoms with van der Waals surface area (Å²) < 4.78 is 14.3. The zero-order valence-electron chi connectivity index (χ0n) is 13.1. The summed E-state index contributed by atoms with van der Waals surface area (Å²) in [6.45, 7) is 3.59. The standard InChI is InChI=1S/C18H20FN3O/c1-12-7-8-13(20)11-14(12)18(23)21-17-15(19)5-4-6-16(17)22-9-2-3-10-22/h4-8,11H,2-3,9-10,20H2,1H3,(H,21,23). The quantitative estimate of drug-likeness (QED) is 0.852. The van der Waals surface area contributed by atoms with Gasteiger partial charge in [-0.15, -0.1) is 0 Å². The van der Waals surface area contributed by atoms with Gasteiger partial charge in [-0.3, -0.25) is 4.79 Å². The number of aryl methyl sites for hydroxylation is 1. The van der Waals surface area contributed by atoms with Gasteiger partial charge in [0, 0.05) is 24.3 Å². The van der Waals surface area contributed by atoms with Crippen LogP contribution in [0.1, 0.15) is 28.8 Å². The van der Waals surface area contributed by atoms with Crippen LogP contribution in [0.5, 0.6) is 0 Å². The summed E-state index contributed by atoms with van der Waals surface area (Å²) in [6.07, 6.45) is 2.16. The Labute approximate surface area is 135 Å². The van der Waals surface area contributed by atoms with Crippen LogP contribution < -0.4 is 16.0 Å². The number of nitrogens with zero attached hydrogens (tertiary/aromatic N) is 1. The van der Waals surface area contributed by atoms with Crippen LogP contribution in [0.25, 0.3) is 0 Å². The molecule has 0 bridgehead atoms. The van der Waals surface area contributed by atoms with Crippen LogP contribution in [0.2, 0.25) is 0 Å². The summed E-state index contributed by atoms with van der Waals surface area (Å²) in [5.41, 5.74) is 8.50. The fraction of sp³-hybridized carbons (Fsp3) is 0.278. The maximum atomic E-state index is 14.3. The molecule has 0 saturated carbocycles. The molecule has 0 spiro atoms. The van der Waals surface area contributed by atoms with E-state index in [0.29, 0.717) is 11.3 Å². The van der Waals surface area contributed by atoms with E-state index < -0.39 is 5.82 Å². The molecule has 3 N–H and O–H groups in total. The van der Waals surface area contributed by atoms with E-state index in [1.54, 1.807) is 24.3 Å². The Balaban J connectivity index is 1.93. The molecule has 2 aromatic rings. The molecule has 0 aliphatic carbocycles. The number of hydrogen-bond acceptors (Lipinski definition) is 3. The van der Waals surface area contributed by atoms with E-state index >= 15 is 0 Å². The van der Waals surface area contributed by atoms with Crippen molar-refractivity contribution < 1.29 is 9.18 Å². The number of nitrogens with one attached hydrogen (secondary N) is 1. The van der Waals surface area contributed by atoms with Crippen LogP contribution in [0.4, 0.5) is 21.5 Å².